The van der Waals surface area contributed by atoms with E-state index in [2.05, 4.69) is 10.4 Å². The van der Waals surface area contributed by atoms with Crippen LogP contribution in [0.15, 0.2) is 0 Å². The van der Waals surface area contributed by atoms with Gasteiger partial charge < -0.3 is 5.32 Å². The van der Waals surface area contributed by atoms with E-state index in [4.69, 9.17) is 11.6 Å². The number of hydrogen-bond acceptors (Lipinski definition) is 2. The molecule has 2 aliphatic rings. The zero-order valence-electron chi connectivity index (χ0n) is 12.6. The van der Waals surface area contributed by atoms with Gasteiger partial charge in [0.05, 0.1) is 17.3 Å². The molecule has 0 radical (unpaired) electrons. The van der Waals surface area contributed by atoms with Crippen molar-refractivity contribution in [3.63, 3.8) is 0 Å². The van der Waals surface area contributed by atoms with Gasteiger partial charge in [0.2, 0.25) is 5.91 Å². The summed E-state index contributed by atoms with van der Waals surface area (Å²) in [6, 6.07) is 0.206. The Balaban J connectivity index is 1.68. The molecule has 0 aliphatic heterocycles. The minimum atomic E-state index is -4.57. The van der Waals surface area contributed by atoms with Crippen molar-refractivity contribution < 1.29 is 18.0 Å². The lowest BCUT2D eigenvalue weighted by atomic mass is 10.2. The van der Waals surface area contributed by atoms with Crippen molar-refractivity contribution in [2.45, 2.75) is 69.6 Å². The normalized spacial score (nSPS) is 19.3. The Labute approximate surface area is 137 Å². The average molecular weight is 350 g/mol. The number of alkyl halides is 3. The lowest BCUT2D eigenvalue weighted by Gasteiger charge is -2.12. The van der Waals surface area contributed by atoms with Gasteiger partial charge in [-0.05, 0) is 25.7 Å². The zero-order chi connectivity index (χ0) is 16.6. The highest BCUT2D eigenvalue weighted by atomic mass is 35.5. The van der Waals surface area contributed by atoms with Gasteiger partial charge in [-0.25, -0.2) is 0 Å². The Morgan fingerprint density at radius 3 is 2.48 bits per heavy atom. The van der Waals surface area contributed by atoms with E-state index in [1.165, 1.54) is 4.68 Å². The second-order valence-corrected chi connectivity index (χ2v) is 6.72. The molecule has 1 aromatic rings. The van der Waals surface area contributed by atoms with E-state index in [0.29, 0.717) is 5.69 Å². The maximum absolute atomic E-state index is 13.0. The van der Waals surface area contributed by atoms with Crippen LogP contribution in [0.2, 0.25) is 5.02 Å². The number of carbonyl (C=O) groups is 1. The molecule has 0 aromatic carbocycles. The van der Waals surface area contributed by atoms with E-state index in [9.17, 15) is 18.0 Å². The first-order valence-electron chi connectivity index (χ1n) is 7.99. The van der Waals surface area contributed by atoms with Gasteiger partial charge in [0, 0.05) is 18.4 Å². The number of halogens is 4. The third-order valence-corrected chi connectivity index (χ3v) is 4.81. The molecular formula is C15H19ClF3N3O. The molecule has 2 fully saturated rings. The summed E-state index contributed by atoms with van der Waals surface area (Å²) in [6.07, 6.45) is 1.36. The average Bonchev–Trinajstić information content (AvgIpc) is 3.04. The molecule has 2 saturated carbocycles. The highest BCUT2D eigenvalue weighted by Crippen LogP contribution is 2.46. The number of aromatic nitrogens is 2. The summed E-state index contributed by atoms with van der Waals surface area (Å²) in [5, 5.41) is 6.25. The van der Waals surface area contributed by atoms with Crippen molar-refractivity contribution in [3.05, 3.63) is 16.4 Å². The number of aryl methyl sites for hydroxylation is 1. The first-order chi connectivity index (χ1) is 10.9. The third kappa shape index (κ3) is 3.82. The van der Waals surface area contributed by atoms with Gasteiger partial charge in [0.25, 0.3) is 0 Å². The van der Waals surface area contributed by atoms with Crippen molar-refractivity contribution >= 4 is 17.5 Å². The molecule has 4 nitrogen and oxygen atoms in total. The Hall–Kier alpha value is -1.24. The Morgan fingerprint density at radius 2 is 1.91 bits per heavy atom. The molecule has 23 heavy (non-hydrogen) atoms. The summed E-state index contributed by atoms with van der Waals surface area (Å²) in [5.74, 6) is -0.108. The molecule has 0 spiro atoms. The van der Waals surface area contributed by atoms with E-state index in [-0.39, 0.29) is 35.9 Å². The molecule has 8 heteroatoms. The summed E-state index contributed by atoms with van der Waals surface area (Å²) in [4.78, 5) is 12.0. The molecule has 128 valence electrons. The zero-order valence-corrected chi connectivity index (χ0v) is 13.4. The second-order valence-electron chi connectivity index (χ2n) is 6.34. The van der Waals surface area contributed by atoms with E-state index in [1.807, 2.05) is 0 Å². The van der Waals surface area contributed by atoms with Crippen LogP contribution in [0.1, 0.15) is 62.3 Å². The molecule has 0 unspecified atom stereocenters. The summed E-state index contributed by atoms with van der Waals surface area (Å²) in [5.41, 5.74) is -0.620. The Morgan fingerprint density at radius 1 is 1.26 bits per heavy atom. The fourth-order valence-corrected chi connectivity index (χ4v) is 3.53. The van der Waals surface area contributed by atoms with Gasteiger partial charge in [0.15, 0.2) is 5.69 Å². The van der Waals surface area contributed by atoms with Gasteiger partial charge in [-0.3, -0.25) is 9.48 Å². The molecule has 2 aliphatic carbocycles. The minimum Gasteiger partial charge on any atom is -0.353 e. The van der Waals surface area contributed by atoms with E-state index in [1.54, 1.807) is 0 Å². The molecular weight excluding hydrogens is 331 g/mol. The molecule has 0 bridgehead atoms. The van der Waals surface area contributed by atoms with Crippen molar-refractivity contribution in [2.24, 2.45) is 0 Å². The number of hydrogen-bond donors (Lipinski definition) is 1. The van der Waals surface area contributed by atoms with Crippen LogP contribution < -0.4 is 5.32 Å². The van der Waals surface area contributed by atoms with Crippen LogP contribution in [-0.4, -0.2) is 21.7 Å². The predicted octanol–water partition coefficient (Wildman–Crippen LogP) is 3.88. The quantitative estimate of drug-likeness (QED) is 0.876. The van der Waals surface area contributed by atoms with Gasteiger partial charge in [-0.2, -0.15) is 18.3 Å². The van der Waals surface area contributed by atoms with E-state index >= 15 is 0 Å². The predicted molar refractivity (Wildman–Crippen MR) is 79.2 cm³/mol. The van der Waals surface area contributed by atoms with Crippen LogP contribution >= 0.6 is 11.6 Å². The van der Waals surface area contributed by atoms with Gasteiger partial charge >= 0.3 is 6.18 Å². The number of rotatable bonds is 5. The van der Waals surface area contributed by atoms with Crippen molar-refractivity contribution in [2.75, 3.05) is 0 Å². The van der Waals surface area contributed by atoms with E-state index < -0.39 is 11.9 Å². The maximum atomic E-state index is 13.0. The summed E-state index contributed by atoms with van der Waals surface area (Å²) in [7, 11) is 0. The molecule has 1 N–H and O–H groups in total. The van der Waals surface area contributed by atoms with Crippen molar-refractivity contribution in [1.82, 2.24) is 15.1 Å². The largest absolute Gasteiger partial charge is 0.436 e. The van der Waals surface area contributed by atoms with Crippen LogP contribution in [0, 0.1) is 0 Å². The fourth-order valence-electron chi connectivity index (χ4n) is 3.13. The minimum absolute atomic E-state index is 0.0315. The topological polar surface area (TPSA) is 46.9 Å². The van der Waals surface area contributed by atoms with Crippen molar-refractivity contribution in [3.8, 4) is 0 Å². The van der Waals surface area contributed by atoms with Crippen molar-refractivity contribution in [1.29, 1.82) is 0 Å². The lowest BCUT2D eigenvalue weighted by Crippen LogP contribution is -2.33. The summed E-state index contributed by atoms with van der Waals surface area (Å²) < 4.78 is 40.1. The standard InChI is InChI=1S/C15H19ClF3N3O/c16-12-13(9-5-6-9)22(21-14(12)15(17,18)19)8-7-11(23)20-10-3-1-2-4-10/h9-10H,1-8H2,(H,20,23). The first-order valence-corrected chi connectivity index (χ1v) is 8.37. The summed E-state index contributed by atoms with van der Waals surface area (Å²) >= 11 is 5.90. The van der Waals surface area contributed by atoms with Gasteiger partial charge in [-0.15, -0.1) is 0 Å². The van der Waals surface area contributed by atoms with Gasteiger partial charge in [0.1, 0.15) is 0 Å². The number of nitrogens with zero attached hydrogens (tertiary/aromatic N) is 2. The maximum Gasteiger partial charge on any atom is 0.436 e. The smallest absolute Gasteiger partial charge is 0.353 e. The fraction of sp³-hybridized carbons (Fsp3) is 0.733. The molecule has 1 heterocycles. The third-order valence-electron chi connectivity index (χ3n) is 4.44. The molecule has 3 rings (SSSR count). The highest BCUT2D eigenvalue weighted by Gasteiger charge is 2.42. The van der Waals surface area contributed by atoms with Crippen LogP contribution in [0.4, 0.5) is 13.2 Å². The lowest BCUT2D eigenvalue weighted by molar-refractivity contribution is -0.141. The SMILES string of the molecule is O=C(CCn1nc(C(F)(F)F)c(Cl)c1C1CC1)NC1CCCC1. The highest BCUT2D eigenvalue weighted by molar-refractivity contribution is 6.32. The number of amides is 1. The molecule has 1 aromatic heterocycles. The Kier molecular flexibility index (Phi) is 4.58. The van der Waals surface area contributed by atoms with Gasteiger partial charge in [-0.1, -0.05) is 24.4 Å². The van der Waals surface area contributed by atoms with E-state index in [0.717, 1.165) is 38.5 Å². The monoisotopic (exact) mass is 349 g/mol. The first kappa shape index (κ1) is 16.6. The molecule has 0 atom stereocenters. The Bertz CT molecular complexity index is 590. The van der Waals surface area contributed by atoms with Crippen LogP contribution in [-0.2, 0) is 17.5 Å². The van der Waals surface area contributed by atoms with Crippen LogP contribution in [0.25, 0.3) is 0 Å². The summed E-state index contributed by atoms with van der Waals surface area (Å²) in [6.45, 7) is 0.125. The second kappa shape index (κ2) is 6.34. The number of carbonyl (C=O) groups excluding carboxylic acids is 1. The number of nitrogens with one attached hydrogen (secondary N) is 1. The van der Waals surface area contributed by atoms with Crippen LogP contribution in [0.5, 0.6) is 0 Å². The molecule has 0 saturated heterocycles. The van der Waals surface area contributed by atoms with Crippen LogP contribution in [0.3, 0.4) is 0 Å². The molecule has 1 amide bonds.